The number of hydrazine groups is 1. The summed E-state index contributed by atoms with van der Waals surface area (Å²) in [6, 6.07) is 11.5. The molecule has 2 aromatic carbocycles. The molecule has 0 saturated carbocycles. The standard InChI is InChI=1S/C23H24F3N3O3/c1-22(2)12-16-7-8-17(32-3)10-18(16)19(28-22)11-20(30)14-5-4-6-15(9-14)21(31)29-27-13-23(24,25)26/h4-11,27-28H,12-13H2,1-3H3,(H,29,31). The van der Waals surface area contributed by atoms with E-state index in [0.29, 0.717) is 11.4 Å². The lowest BCUT2D eigenvalue weighted by Gasteiger charge is -2.35. The summed E-state index contributed by atoms with van der Waals surface area (Å²) in [5.74, 6) is -0.464. The van der Waals surface area contributed by atoms with Gasteiger partial charge in [-0.05, 0) is 50.1 Å². The predicted molar refractivity (Wildman–Crippen MR) is 114 cm³/mol. The lowest BCUT2D eigenvalue weighted by Crippen LogP contribution is -2.43. The monoisotopic (exact) mass is 447 g/mol. The first-order chi connectivity index (χ1) is 15.0. The third-order valence-corrected chi connectivity index (χ3v) is 4.89. The molecule has 0 bridgehead atoms. The molecular weight excluding hydrogens is 423 g/mol. The van der Waals surface area contributed by atoms with Crippen LogP contribution < -0.4 is 20.9 Å². The number of halogens is 3. The maximum Gasteiger partial charge on any atom is 0.402 e. The van der Waals surface area contributed by atoms with E-state index in [9.17, 15) is 22.8 Å². The van der Waals surface area contributed by atoms with E-state index in [-0.39, 0.29) is 22.4 Å². The highest BCUT2D eigenvalue weighted by molar-refractivity contribution is 6.10. The number of hydrogen-bond donors (Lipinski definition) is 3. The molecular formula is C23H24F3N3O3. The van der Waals surface area contributed by atoms with Crippen LogP contribution in [0.15, 0.2) is 48.5 Å². The largest absolute Gasteiger partial charge is 0.497 e. The third kappa shape index (κ3) is 5.88. The Labute approximate surface area is 183 Å². The van der Waals surface area contributed by atoms with Gasteiger partial charge in [-0.2, -0.15) is 13.2 Å². The zero-order chi connectivity index (χ0) is 23.5. The van der Waals surface area contributed by atoms with Gasteiger partial charge in [-0.25, -0.2) is 5.43 Å². The van der Waals surface area contributed by atoms with Crippen molar-refractivity contribution in [1.29, 1.82) is 0 Å². The number of ether oxygens (including phenoxy) is 1. The molecule has 3 rings (SSSR count). The van der Waals surface area contributed by atoms with Gasteiger partial charge >= 0.3 is 6.18 Å². The maximum absolute atomic E-state index is 13.0. The van der Waals surface area contributed by atoms with Crippen molar-refractivity contribution >= 4 is 17.4 Å². The fraction of sp³-hybridized carbons (Fsp3) is 0.304. The van der Waals surface area contributed by atoms with Crippen molar-refractivity contribution in [1.82, 2.24) is 16.2 Å². The topological polar surface area (TPSA) is 79.5 Å². The van der Waals surface area contributed by atoms with Crippen LogP contribution in [-0.2, 0) is 6.42 Å². The second-order valence-electron chi connectivity index (χ2n) is 8.13. The Kier molecular flexibility index (Phi) is 6.59. The van der Waals surface area contributed by atoms with Gasteiger partial charge in [-0.1, -0.05) is 18.2 Å². The van der Waals surface area contributed by atoms with Crippen LogP contribution in [0.5, 0.6) is 5.75 Å². The minimum atomic E-state index is -4.46. The number of carbonyl (C=O) groups is 2. The van der Waals surface area contributed by atoms with Gasteiger partial charge in [0.05, 0.1) is 7.11 Å². The highest BCUT2D eigenvalue weighted by Crippen LogP contribution is 2.32. The lowest BCUT2D eigenvalue weighted by atomic mass is 9.85. The van der Waals surface area contributed by atoms with Crippen molar-refractivity contribution in [3.8, 4) is 5.75 Å². The van der Waals surface area contributed by atoms with Gasteiger partial charge in [0.1, 0.15) is 12.3 Å². The molecule has 0 fully saturated rings. The molecule has 3 N–H and O–H groups in total. The number of allylic oxidation sites excluding steroid dienone is 1. The molecule has 32 heavy (non-hydrogen) atoms. The van der Waals surface area contributed by atoms with Gasteiger partial charge in [0.25, 0.3) is 5.91 Å². The van der Waals surface area contributed by atoms with Crippen LogP contribution in [0.1, 0.15) is 45.7 Å². The third-order valence-electron chi connectivity index (χ3n) is 4.89. The van der Waals surface area contributed by atoms with Crippen molar-refractivity contribution in [2.45, 2.75) is 32.0 Å². The lowest BCUT2D eigenvalue weighted by molar-refractivity contribution is -0.126. The number of alkyl halides is 3. The zero-order valence-electron chi connectivity index (χ0n) is 17.9. The zero-order valence-corrected chi connectivity index (χ0v) is 17.9. The van der Waals surface area contributed by atoms with Gasteiger partial charge < -0.3 is 10.1 Å². The summed E-state index contributed by atoms with van der Waals surface area (Å²) in [6.45, 7) is 2.68. The molecule has 1 heterocycles. The Morgan fingerprint density at radius 3 is 2.56 bits per heavy atom. The Bertz CT molecular complexity index is 1060. The van der Waals surface area contributed by atoms with E-state index in [1.165, 1.54) is 24.3 Å². The molecule has 2 aromatic rings. The summed E-state index contributed by atoms with van der Waals surface area (Å²) >= 11 is 0. The van der Waals surface area contributed by atoms with Gasteiger partial charge in [0.15, 0.2) is 5.78 Å². The van der Waals surface area contributed by atoms with E-state index in [2.05, 4.69) is 5.32 Å². The summed E-state index contributed by atoms with van der Waals surface area (Å²) in [7, 11) is 1.57. The van der Waals surface area contributed by atoms with E-state index in [1.807, 2.05) is 42.9 Å². The van der Waals surface area contributed by atoms with Crippen LogP contribution in [0.25, 0.3) is 5.70 Å². The fourth-order valence-electron chi connectivity index (χ4n) is 3.48. The number of benzene rings is 2. The summed E-state index contributed by atoms with van der Waals surface area (Å²) in [4.78, 5) is 25.1. The average molecular weight is 447 g/mol. The molecule has 0 radical (unpaired) electrons. The second kappa shape index (κ2) is 9.04. The van der Waals surface area contributed by atoms with Gasteiger partial charge in [0, 0.05) is 34.0 Å². The Hall–Kier alpha value is -3.33. The average Bonchev–Trinajstić information content (AvgIpc) is 2.71. The van der Waals surface area contributed by atoms with Crippen LogP contribution in [0, 0.1) is 0 Å². The highest BCUT2D eigenvalue weighted by Gasteiger charge is 2.29. The first-order valence-electron chi connectivity index (χ1n) is 9.89. The summed E-state index contributed by atoms with van der Waals surface area (Å²) < 4.78 is 42.0. The maximum atomic E-state index is 13.0. The van der Waals surface area contributed by atoms with Crippen LogP contribution in [0.2, 0.25) is 0 Å². The summed E-state index contributed by atoms with van der Waals surface area (Å²) in [5, 5.41) is 3.37. The number of carbonyl (C=O) groups excluding carboxylic acids is 2. The molecule has 0 aliphatic carbocycles. The normalized spacial score (nSPS) is 16.1. The number of hydrogen-bond acceptors (Lipinski definition) is 5. The predicted octanol–water partition coefficient (Wildman–Crippen LogP) is 3.64. The molecule has 1 amide bonds. The highest BCUT2D eigenvalue weighted by atomic mass is 19.4. The van der Waals surface area contributed by atoms with E-state index >= 15 is 0 Å². The minimum Gasteiger partial charge on any atom is -0.497 e. The number of methoxy groups -OCH3 is 1. The number of amides is 1. The fourth-order valence-corrected chi connectivity index (χ4v) is 3.48. The van der Waals surface area contributed by atoms with Crippen LogP contribution in [-0.4, -0.2) is 37.1 Å². The van der Waals surface area contributed by atoms with Gasteiger partial charge in [0.2, 0.25) is 0 Å². The minimum absolute atomic E-state index is 0.0583. The molecule has 170 valence electrons. The molecule has 0 saturated heterocycles. The van der Waals surface area contributed by atoms with Gasteiger partial charge in [-0.3, -0.25) is 15.0 Å². The number of ketones is 1. The summed E-state index contributed by atoms with van der Waals surface area (Å²) in [6.07, 6.45) is -2.24. The van der Waals surface area contributed by atoms with E-state index in [0.717, 1.165) is 17.5 Å². The Morgan fingerprint density at radius 1 is 1.16 bits per heavy atom. The van der Waals surface area contributed by atoms with Crippen molar-refractivity contribution in [3.05, 3.63) is 70.8 Å². The van der Waals surface area contributed by atoms with Crippen LogP contribution >= 0.6 is 0 Å². The number of rotatable bonds is 6. The van der Waals surface area contributed by atoms with Crippen molar-refractivity contribution in [3.63, 3.8) is 0 Å². The smallest absolute Gasteiger partial charge is 0.402 e. The number of nitrogens with one attached hydrogen (secondary N) is 3. The van der Waals surface area contributed by atoms with Gasteiger partial charge in [-0.15, -0.1) is 0 Å². The molecule has 6 nitrogen and oxygen atoms in total. The first kappa shape index (κ1) is 23.3. The van der Waals surface area contributed by atoms with E-state index in [1.54, 1.807) is 13.2 Å². The van der Waals surface area contributed by atoms with Crippen molar-refractivity contribution < 1.29 is 27.5 Å². The SMILES string of the molecule is COc1ccc2c(c1)C(=CC(=O)c1cccc(C(=O)NNCC(F)(F)F)c1)NC(C)(C)C2. The molecule has 1 aliphatic heterocycles. The molecule has 0 aromatic heterocycles. The van der Waals surface area contributed by atoms with Crippen LogP contribution in [0.4, 0.5) is 13.2 Å². The summed E-state index contributed by atoms with van der Waals surface area (Å²) in [5.41, 5.74) is 6.36. The molecule has 0 atom stereocenters. The molecule has 1 aliphatic rings. The van der Waals surface area contributed by atoms with E-state index < -0.39 is 18.6 Å². The molecule has 9 heteroatoms. The number of fused-ring (bicyclic) bond motifs is 1. The second-order valence-corrected chi connectivity index (χ2v) is 8.13. The first-order valence-corrected chi connectivity index (χ1v) is 9.89. The molecule has 0 unspecified atom stereocenters. The van der Waals surface area contributed by atoms with Crippen molar-refractivity contribution in [2.24, 2.45) is 0 Å². The Morgan fingerprint density at radius 2 is 1.88 bits per heavy atom. The quantitative estimate of drug-likeness (QED) is 0.358. The van der Waals surface area contributed by atoms with E-state index in [4.69, 9.17) is 4.74 Å². The van der Waals surface area contributed by atoms with Crippen molar-refractivity contribution in [2.75, 3.05) is 13.7 Å². The molecule has 0 spiro atoms. The van der Waals surface area contributed by atoms with Crippen LogP contribution in [0.3, 0.4) is 0 Å². The Balaban J connectivity index is 1.84.